The minimum absolute atomic E-state index is 0.0275. The molecule has 2 rings (SSSR count). The molecule has 1 fully saturated rings. The van der Waals surface area contributed by atoms with Gasteiger partial charge in [-0.1, -0.05) is 19.8 Å². The van der Waals surface area contributed by atoms with E-state index < -0.39 is 0 Å². The molecule has 0 bridgehead atoms. The zero-order valence-electron chi connectivity index (χ0n) is 13.2. The van der Waals surface area contributed by atoms with Crippen LogP contribution in [0.1, 0.15) is 51.5 Å². The number of hydrogen-bond acceptors (Lipinski definition) is 3. The summed E-state index contributed by atoms with van der Waals surface area (Å²) in [4.78, 5) is 0. The Bertz CT molecular complexity index is 396. The first kappa shape index (κ1) is 15.5. The van der Waals surface area contributed by atoms with E-state index >= 15 is 0 Å². The molecule has 4 nitrogen and oxygen atoms in total. The Labute approximate surface area is 122 Å². The van der Waals surface area contributed by atoms with E-state index in [1.165, 1.54) is 31.2 Å². The van der Waals surface area contributed by atoms with E-state index in [4.69, 9.17) is 4.74 Å². The molecular weight excluding hydrogens is 250 g/mol. The number of aromatic nitrogens is 2. The topological polar surface area (TPSA) is 39.1 Å². The van der Waals surface area contributed by atoms with Gasteiger partial charge >= 0.3 is 0 Å². The summed E-state index contributed by atoms with van der Waals surface area (Å²) in [6.07, 6.45) is 11.2. The van der Waals surface area contributed by atoms with Crippen molar-refractivity contribution in [2.45, 2.75) is 64.0 Å². The highest BCUT2D eigenvalue weighted by atomic mass is 16.5. The fraction of sp³-hybridized carbons (Fsp3) is 0.812. The molecule has 0 aliphatic heterocycles. The van der Waals surface area contributed by atoms with E-state index in [-0.39, 0.29) is 5.60 Å². The van der Waals surface area contributed by atoms with E-state index in [0.29, 0.717) is 6.04 Å². The van der Waals surface area contributed by atoms with Crippen LogP contribution in [0.25, 0.3) is 0 Å². The fourth-order valence-corrected chi connectivity index (χ4v) is 3.43. The minimum atomic E-state index is 0.0275. The van der Waals surface area contributed by atoms with Gasteiger partial charge in [0.2, 0.25) is 0 Å². The number of hydrogen-bond donors (Lipinski definition) is 1. The van der Waals surface area contributed by atoms with E-state index in [1.54, 1.807) is 0 Å². The van der Waals surface area contributed by atoms with Crippen LogP contribution < -0.4 is 5.32 Å². The lowest BCUT2D eigenvalue weighted by atomic mass is 9.87. The Hall–Kier alpha value is -0.870. The first-order valence-corrected chi connectivity index (χ1v) is 8.05. The monoisotopic (exact) mass is 279 g/mol. The van der Waals surface area contributed by atoms with Crippen LogP contribution in [0.5, 0.6) is 0 Å². The van der Waals surface area contributed by atoms with Crippen molar-refractivity contribution in [1.29, 1.82) is 0 Å². The molecule has 20 heavy (non-hydrogen) atoms. The zero-order chi connectivity index (χ0) is 14.4. The third-order valence-corrected chi connectivity index (χ3v) is 4.36. The van der Waals surface area contributed by atoms with E-state index in [1.807, 2.05) is 17.9 Å². The second-order valence-electron chi connectivity index (χ2n) is 5.94. The zero-order valence-corrected chi connectivity index (χ0v) is 13.2. The summed E-state index contributed by atoms with van der Waals surface area (Å²) in [7, 11) is 1.98. The van der Waals surface area contributed by atoms with Gasteiger partial charge in [-0.3, -0.25) is 4.68 Å². The highest BCUT2D eigenvalue weighted by Crippen LogP contribution is 2.37. The van der Waals surface area contributed by atoms with Crippen molar-refractivity contribution in [3.05, 3.63) is 18.0 Å². The summed E-state index contributed by atoms with van der Waals surface area (Å²) >= 11 is 0. The van der Waals surface area contributed by atoms with Gasteiger partial charge in [0, 0.05) is 25.9 Å². The predicted octanol–water partition coefficient (Wildman–Crippen LogP) is 2.68. The number of nitrogens with one attached hydrogen (secondary N) is 1. The lowest BCUT2D eigenvalue weighted by molar-refractivity contribution is -0.0612. The Morgan fingerprint density at radius 1 is 1.40 bits per heavy atom. The van der Waals surface area contributed by atoms with Crippen LogP contribution in [0.2, 0.25) is 0 Å². The molecule has 1 aromatic rings. The molecule has 0 amide bonds. The molecule has 1 aromatic heterocycles. The summed E-state index contributed by atoms with van der Waals surface area (Å²) in [6, 6.07) is 0.397. The molecule has 4 heteroatoms. The summed E-state index contributed by atoms with van der Waals surface area (Å²) in [6.45, 7) is 6.19. The van der Waals surface area contributed by atoms with Gasteiger partial charge in [0.1, 0.15) is 0 Å². The second kappa shape index (κ2) is 7.23. The summed E-state index contributed by atoms with van der Waals surface area (Å²) < 4.78 is 8.12. The third kappa shape index (κ3) is 3.61. The van der Waals surface area contributed by atoms with Crippen LogP contribution >= 0.6 is 0 Å². The van der Waals surface area contributed by atoms with Gasteiger partial charge in [0.25, 0.3) is 0 Å². The quantitative estimate of drug-likeness (QED) is 0.795. The molecule has 1 atom stereocenters. The molecule has 1 N–H and O–H groups in total. The van der Waals surface area contributed by atoms with Gasteiger partial charge < -0.3 is 10.1 Å². The highest BCUT2D eigenvalue weighted by Gasteiger charge is 2.41. The molecule has 1 unspecified atom stereocenters. The van der Waals surface area contributed by atoms with Crippen molar-refractivity contribution in [2.75, 3.05) is 13.2 Å². The van der Waals surface area contributed by atoms with Crippen LogP contribution in [0.4, 0.5) is 0 Å². The molecule has 1 saturated carbocycles. The standard InChI is InChI=1S/C16H29N3O/c1-4-10-17-15(11-14-12-18-19(3)13-14)16(20-5-2)8-6-7-9-16/h12-13,15,17H,4-11H2,1-3H3. The van der Waals surface area contributed by atoms with Gasteiger partial charge in [0.15, 0.2) is 0 Å². The maximum Gasteiger partial charge on any atom is 0.0837 e. The van der Waals surface area contributed by atoms with Crippen molar-refractivity contribution in [2.24, 2.45) is 7.05 Å². The lowest BCUT2D eigenvalue weighted by Gasteiger charge is -2.38. The van der Waals surface area contributed by atoms with Crippen LogP contribution in [-0.2, 0) is 18.2 Å². The van der Waals surface area contributed by atoms with E-state index in [9.17, 15) is 0 Å². The average molecular weight is 279 g/mol. The molecule has 1 heterocycles. The van der Waals surface area contributed by atoms with Crippen LogP contribution in [0.3, 0.4) is 0 Å². The van der Waals surface area contributed by atoms with Crippen molar-refractivity contribution >= 4 is 0 Å². The van der Waals surface area contributed by atoms with Crippen LogP contribution in [0, 0.1) is 0 Å². The van der Waals surface area contributed by atoms with Gasteiger partial charge in [-0.25, -0.2) is 0 Å². The van der Waals surface area contributed by atoms with Crippen molar-refractivity contribution < 1.29 is 4.74 Å². The Morgan fingerprint density at radius 3 is 2.70 bits per heavy atom. The summed E-state index contributed by atoms with van der Waals surface area (Å²) in [5, 5.41) is 8.03. The maximum absolute atomic E-state index is 6.24. The Balaban J connectivity index is 2.12. The average Bonchev–Trinajstić information content (AvgIpc) is 3.05. The maximum atomic E-state index is 6.24. The number of rotatable bonds is 8. The Kier molecular flexibility index (Phi) is 5.61. The molecule has 1 aliphatic carbocycles. The van der Waals surface area contributed by atoms with Crippen molar-refractivity contribution in [3.63, 3.8) is 0 Å². The molecule has 114 valence electrons. The summed E-state index contributed by atoms with van der Waals surface area (Å²) in [5.41, 5.74) is 1.33. The van der Waals surface area contributed by atoms with Gasteiger partial charge in [-0.2, -0.15) is 5.10 Å². The molecule has 1 aliphatic rings. The SMILES string of the molecule is CCCNC(Cc1cnn(C)c1)C1(OCC)CCCC1. The second-order valence-corrected chi connectivity index (χ2v) is 5.94. The fourth-order valence-electron chi connectivity index (χ4n) is 3.43. The highest BCUT2D eigenvalue weighted by molar-refractivity contribution is 5.10. The van der Waals surface area contributed by atoms with Crippen molar-refractivity contribution in [3.8, 4) is 0 Å². The largest absolute Gasteiger partial charge is 0.374 e. The third-order valence-electron chi connectivity index (χ3n) is 4.36. The van der Waals surface area contributed by atoms with E-state index in [0.717, 1.165) is 26.0 Å². The lowest BCUT2D eigenvalue weighted by Crippen LogP contribution is -2.52. The van der Waals surface area contributed by atoms with E-state index in [2.05, 4.69) is 30.5 Å². The van der Waals surface area contributed by atoms with Gasteiger partial charge in [-0.15, -0.1) is 0 Å². The predicted molar refractivity (Wildman–Crippen MR) is 81.8 cm³/mol. The van der Waals surface area contributed by atoms with Gasteiger partial charge in [0.05, 0.1) is 11.8 Å². The van der Waals surface area contributed by atoms with Crippen LogP contribution in [-0.4, -0.2) is 34.6 Å². The molecule has 0 saturated heterocycles. The Morgan fingerprint density at radius 2 is 2.15 bits per heavy atom. The van der Waals surface area contributed by atoms with Crippen LogP contribution in [0.15, 0.2) is 12.4 Å². The van der Waals surface area contributed by atoms with Crippen molar-refractivity contribution in [1.82, 2.24) is 15.1 Å². The molecular formula is C16H29N3O. The molecule has 0 radical (unpaired) electrons. The summed E-state index contributed by atoms with van der Waals surface area (Å²) in [5.74, 6) is 0. The first-order chi connectivity index (χ1) is 9.70. The molecule has 0 aromatic carbocycles. The number of nitrogens with zero attached hydrogens (tertiary/aromatic N) is 2. The minimum Gasteiger partial charge on any atom is -0.374 e. The number of aryl methyl sites for hydroxylation is 1. The smallest absolute Gasteiger partial charge is 0.0837 e. The number of ether oxygens (including phenoxy) is 1. The normalized spacial score (nSPS) is 19.4. The molecule has 0 spiro atoms. The first-order valence-electron chi connectivity index (χ1n) is 8.05. The van der Waals surface area contributed by atoms with Gasteiger partial charge in [-0.05, 0) is 44.7 Å².